The Labute approximate surface area is 113 Å². The van der Waals surface area contributed by atoms with Gasteiger partial charge in [0, 0.05) is 19.4 Å². The number of nitrogens with zero attached hydrogens (tertiary/aromatic N) is 3. The average molecular weight is 263 g/mol. The molecule has 1 heterocycles. The van der Waals surface area contributed by atoms with Crippen LogP contribution >= 0.6 is 0 Å². The minimum atomic E-state index is -0.343. The van der Waals surface area contributed by atoms with Crippen molar-refractivity contribution >= 4 is 0 Å². The van der Waals surface area contributed by atoms with Gasteiger partial charge in [-0.1, -0.05) is 24.4 Å². The first-order chi connectivity index (χ1) is 9.30. The minimum absolute atomic E-state index is 0.343. The monoisotopic (exact) mass is 263 g/mol. The van der Waals surface area contributed by atoms with Gasteiger partial charge in [0.05, 0.1) is 6.07 Å². The Hall–Kier alpha value is -1.41. The quantitative estimate of drug-likeness (QED) is 0.737. The van der Waals surface area contributed by atoms with E-state index in [4.69, 9.17) is 14.5 Å². The minimum Gasteiger partial charge on any atom is -0.367 e. The molecule has 0 saturated heterocycles. The molecule has 0 spiro atoms. The van der Waals surface area contributed by atoms with Gasteiger partial charge in [-0.05, 0) is 26.2 Å². The second-order valence-corrected chi connectivity index (χ2v) is 5.01. The van der Waals surface area contributed by atoms with Crippen LogP contribution in [0, 0.1) is 11.3 Å². The molecule has 0 radical (unpaired) electrons. The second-order valence-electron chi connectivity index (χ2n) is 5.01. The largest absolute Gasteiger partial charge is 0.367 e. The lowest BCUT2D eigenvalue weighted by Crippen LogP contribution is -2.33. The van der Waals surface area contributed by atoms with Gasteiger partial charge < -0.3 is 9.26 Å². The first-order valence-corrected chi connectivity index (χ1v) is 7.15. The molecule has 5 heteroatoms. The number of hydrogen-bond donors (Lipinski definition) is 0. The molecule has 19 heavy (non-hydrogen) atoms. The molecule has 0 unspecified atom stereocenters. The standard InChI is InChI=1S/C14H21N3O2/c1-2-18-14(9-5-3-6-10-14)13-16-12(19-17-13)8-4-7-11-15/h2-10H2,1H3. The zero-order chi connectivity index (χ0) is 13.6. The molecule has 1 saturated carbocycles. The van der Waals surface area contributed by atoms with Gasteiger partial charge in [0.15, 0.2) is 0 Å². The Morgan fingerprint density at radius 2 is 2.16 bits per heavy atom. The second kappa shape index (κ2) is 6.67. The van der Waals surface area contributed by atoms with Crippen molar-refractivity contribution in [3.8, 4) is 6.07 Å². The molecule has 0 N–H and O–H groups in total. The molecule has 0 aliphatic heterocycles. The Morgan fingerprint density at radius 3 is 2.84 bits per heavy atom. The maximum Gasteiger partial charge on any atom is 0.226 e. The highest BCUT2D eigenvalue weighted by molar-refractivity contribution is 5.03. The summed E-state index contributed by atoms with van der Waals surface area (Å²) in [5.41, 5.74) is -0.343. The Kier molecular flexibility index (Phi) is 4.92. The van der Waals surface area contributed by atoms with Crippen molar-refractivity contribution in [2.75, 3.05) is 6.61 Å². The number of ether oxygens (including phenoxy) is 1. The van der Waals surface area contributed by atoms with E-state index in [1.807, 2.05) is 6.92 Å². The van der Waals surface area contributed by atoms with Crippen LogP contribution in [0.15, 0.2) is 4.52 Å². The lowest BCUT2D eigenvalue weighted by atomic mass is 9.84. The molecule has 1 fully saturated rings. The Morgan fingerprint density at radius 1 is 1.37 bits per heavy atom. The molecule has 0 bridgehead atoms. The molecule has 0 aromatic carbocycles. The van der Waals surface area contributed by atoms with E-state index in [2.05, 4.69) is 16.2 Å². The van der Waals surface area contributed by atoms with Gasteiger partial charge >= 0.3 is 0 Å². The summed E-state index contributed by atoms with van der Waals surface area (Å²) in [6.45, 7) is 2.67. The summed E-state index contributed by atoms with van der Waals surface area (Å²) in [7, 11) is 0. The first-order valence-electron chi connectivity index (χ1n) is 7.15. The number of aromatic nitrogens is 2. The molecular weight excluding hydrogens is 242 g/mol. The van der Waals surface area contributed by atoms with Crippen molar-refractivity contribution < 1.29 is 9.26 Å². The van der Waals surface area contributed by atoms with Crippen LogP contribution in [0.25, 0.3) is 0 Å². The van der Waals surface area contributed by atoms with Crippen LogP contribution in [0.5, 0.6) is 0 Å². The smallest absolute Gasteiger partial charge is 0.226 e. The van der Waals surface area contributed by atoms with Crippen LogP contribution in [0.4, 0.5) is 0 Å². The van der Waals surface area contributed by atoms with E-state index < -0.39 is 0 Å². The highest BCUT2D eigenvalue weighted by Crippen LogP contribution is 2.39. The van der Waals surface area contributed by atoms with Crippen LogP contribution in [0.1, 0.15) is 63.6 Å². The summed E-state index contributed by atoms with van der Waals surface area (Å²) in [5, 5.41) is 12.6. The van der Waals surface area contributed by atoms with Crippen molar-refractivity contribution in [1.29, 1.82) is 5.26 Å². The number of unbranched alkanes of at least 4 members (excludes halogenated alkanes) is 1. The fourth-order valence-corrected chi connectivity index (χ4v) is 2.69. The van der Waals surface area contributed by atoms with Crippen LogP contribution in [-0.4, -0.2) is 16.7 Å². The third kappa shape index (κ3) is 3.32. The van der Waals surface area contributed by atoms with E-state index in [0.29, 0.717) is 31.2 Å². The maximum atomic E-state index is 8.53. The van der Waals surface area contributed by atoms with Gasteiger partial charge in [-0.15, -0.1) is 0 Å². The summed E-state index contributed by atoms with van der Waals surface area (Å²) in [6.07, 6.45) is 7.45. The van der Waals surface area contributed by atoms with Crippen LogP contribution < -0.4 is 0 Å². The third-order valence-corrected chi connectivity index (χ3v) is 3.64. The van der Waals surface area contributed by atoms with E-state index >= 15 is 0 Å². The van der Waals surface area contributed by atoms with E-state index in [0.717, 1.165) is 32.1 Å². The van der Waals surface area contributed by atoms with Crippen molar-refractivity contribution in [3.63, 3.8) is 0 Å². The zero-order valence-corrected chi connectivity index (χ0v) is 11.5. The van der Waals surface area contributed by atoms with Crippen LogP contribution in [0.2, 0.25) is 0 Å². The van der Waals surface area contributed by atoms with Crippen LogP contribution in [0.3, 0.4) is 0 Å². The van der Waals surface area contributed by atoms with Crippen molar-refractivity contribution in [3.05, 3.63) is 11.7 Å². The van der Waals surface area contributed by atoms with E-state index in [-0.39, 0.29) is 5.60 Å². The molecule has 1 aliphatic carbocycles. The number of rotatable bonds is 6. The first kappa shape index (κ1) is 14.0. The molecule has 0 atom stereocenters. The van der Waals surface area contributed by atoms with E-state index in [9.17, 15) is 0 Å². The fraction of sp³-hybridized carbons (Fsp3) is 0.786. The van der Waals surface area contributed by atoms with Crippen LogP contribution in [-0.2, 0) is 16.8 Å². The number of hydrogen-bond acceptors (Lipinski definition) is 5. The van der Waals surface area contributed by atoms with E-state index in [1.54, 1.807) is 0 Å². The van der Waals surface area contributed by atoms with Crippen molar-refractivity contribution in [2.24, 2.45) is 0 Å². The predicted octanol–water partition coefficient (Wildman–Crippen LogP) is 3.11. The Balaban J connectivity index is 2.07. The topological polar surface area (TPSA) is 71.9 Å². The molecular formula is C14H21N3O2. The van der Waals surface area contributed by atoms with E-state index in [1.165, 1.54) is 6.42 Å². The third-order valence-electron chi connectivity index (χ3n) is 3.64. The lowest BCUT2D eigenvalue weighted by Gasteiger charge is -2.33. The summed E-state index contributed by atoms with van der Waals surface area (Å²) in [4.78, 5) is 4.48. The average Bonchev–Trinajstić information content (AvgIpc) is 2.90. The van der Waals surface area contributed by atoms with Gasteiger partial charge in [-0.25, -0.2) is 0 Å². The summed E-state index contributed by atoms with van der Waals surface area (Å²) >= 11 is 0. The van der Waals surface area contributed by atoms with Gasteiger partial charge in [-0.3, -0.25) is 0 Å². The van der Waals surface area contributed by atoms with Gasteiger partial charge in [-0.2, -0.15) is 10.2 Å². The fourth-order valence-electron chi connectivity index (χ4n) is 2.69. The zero-order valence-electron chi connectivity index (χ0n) is 11.5. The lowest BCUT2D eigenvalue weighted by molar-refractivity contribution is -0.0777. The van der Waals surface area contributed by atoms with Gasteiger partial charge in [0.1, 0.15) is 5.60 Å². The normalized spacial score (nSPS) is 18.1. The summed E-state index contributed by atoms with van der Waals surface area (Å²) in [5.74, 6) is 1.32. The Bertz CT molecular complexity index is 425. The number of nitriles is 1. The highest BCUT2D eigenvalue weighted by atomic mass is 16.5. The molecule has 1 aromatic rings. The SMILES string of the molecule is CCOC1(c2noc(CCCC#N)n2)CCCCC1. The predicted molar refractivity (Wildman–Crippen MR) is 69.2 cm³/mol. The summed E-state index contributed by atoms with van der Waals surface area (Å²) < 4.78 is 11.2. The summed E-state index contributed by atoms with van der Waals surface area (Å²) in [6, 6.07) is 2.12. The molecule has 104 valence electrons. The maximum absolute atomic E-state index is 8.53. The van der Waals surface area contributed by atoms with Crippen molar-refractivity contribution in [1.82, 2.24) is 10.1 Å². The highest BCUT2D eigenvalue weighted by Gasteiger charge is 2.39. The molecule has 0 amide bonds. The molecule has 2 rings (SSSR count). The van der Waals surface area contributed by atoms with Gasteiger partial charge in [0.25, 0.3) is 0 Å². The van der Waals surface area contributed by atoms with Crippen molar-refractivity contribution in [2.45, 2.75) is 63.9 Å². The molecule has 5 nitrogen and oxygen atoms in total. The molecule has 1 aliphatic rings. The number of aryl methyl sites for hydroxylation is 1. The molecule has 1 aromatic heterocycles. The van der Waals surface area contributed by atoms with Gasteiger partial charge in [0.2, 0.25) is 11.7 Å².